The fourth-order valence-electron chi connectivity index (χ4n) is 2.18. The van der Waals surface area contributed by atoms with Crippen LogP contribution in [-0.2, 0) is 6.54 Å². The van der Waals surface area contributed by atoms with Gasteiger partial charge in [0.05, 0.1) is 0 Å². The molecule has 0 saturated heterocycles. The summed E-state index contributed by atoms with van der Waals surface area (Å²) >= 11 is 3.17. The number of nitrogens with one attached hydrogen (secondary N) is 1. The minimum atomic E-state index is -0.198. The Balaban J connectivity index is 1.51. The van der Waals surface area contributed by atoms with E-state index in [2.05, 4.69) is 30.8 Å². The molecular weight excluding hydrogens is 334 g/mol. The quantitative estimate of drug-likeness (QED) is 0.721. The molecule has 108 valence electrons. The third-order valence-corrected chi connectivity index (χ3v) is 3.61. The maximum Gasteiger partial charge on any atom is 0.287 e. The van der Waals surface area contributed by atoms with Crippen molar-refractivity contribution in [2.45, 2.75) is 13.0 Å². The Morgan fingerprint density at radius 3 is 3.05 bits per heavy atom. The Morgan fingerprint density at radius 2 is 2.24 bits per heavy atom. The molecule has 1 N–H and O–H groups in total. The van der Waals surface area contributed by atoms with Gasteiger partial charge < -0.3 is 14.3 Å². The van der Waals surface area contributed by atoms with Gasteiger partial charge in [0.15, 0.2) is 10.4 Å². The van der Waals surface area contributed by atoms with Crippen LogP contribution in [0.4, 0.5) is 0 Å². The van der Waals surface area contributed by atoms with Gasteiger partial charge in [-0.15, -0.1) is 0 Å². The number of nitrogens with zero attached hydrogens (tertiary/aromatic N) is 2. The van der Waals surface area contributed by atoms with E-state index < -0.39 is 0 Å². The van der Waals surface area contributed by atoms with E-state index in [1.54, 1.807) is 18.3 Å². The maximum absolute atomic E-state index is 11.8. The second-order valence-electron chi connectivity index (χ2n) is 4.64. The lowest BCUT2D eigenvalue weighted by Crippen LogP contribution is -2.24. The lowest BCUT2D eigenvalue weighted by Gasteiger charge is -2.05. The summed E-state index contributed by atoms with van der Waals surface area (Å²) in [7, 11) is 0. The molecule has 0 atom stereocenters. The van der Waals surface area contributed by atoms with Gasteiger partial charge in [0, 0.05) is 30.9 Å². The number of hydrogen-bond acceptors (Lipinski definition) is 3. The molecular formula is C15H14BrN3O2. The largest absolute Gasteiger partial charge is 0.444 e. The SMILES string of the molecule is O=C(NCCCn1ccc2cccnc21)c1ccc(Br)o1. The molecule has 0 fully saturated rings. The van der Waals surface area contributed by atoms with Gasteiger partial charge in [0.1, 0.15) is 5.65 Å². The van der Waals surface area contributed by atoms with Crippen molar-refractivity contribution in [3.63, 3.8) is 0 Å². The molecule has 0 bridgehead atoms. The highest BCUT2D eigenvalue weighted by molar-refractivity contribution is 9.10. The first-order valence-electron chi connectivity index (χ1n) is 6.67. The summed E-state index contributed by atoms with van der Waals surface area (Å²) in [6, 6.07) is 9.35. The first-order chi connectivity index (χ1) is 10.2. The second kappa shape index (κ2) is 6.13. The number of aryl methyl sites for hydroxylation is 1. The fourth-order valence-corrected chi connectivity index (χ4v) is 2.48. The summed E-state index contributed by atoms with van der Waals surface area (Å²) in [6.07, 6.45) is 4.63. The van der Waals surface area contributed by atoms with Crippen LogP contribution in [0, 0.1) is 0 Å². The van der Waals surface area contributed by atoms with E-state index in [1.807, 2.05) is 24.4 Å². The van der Waals surface area contributed by atoms with Crippen molar-refractivity contribution in [1.29, 1.82) is 0 Å². The first kappa shape index (κ1) is 13.9. The number of carbonyl (C=O) groups is 1. The summed E-state index contributed by atoms with van der Waals surface area (Å²) in [5.41, 5.74) is 0.971. The average Bonchev–Trinajstić information content (AvgIpc) is 3.10. The molecule has 1 amide bonds. The molecule has 3 heterocycles. The number of fused-ring (bicyclic) bond motifs is 1. The summed E-state index contributed by atoms with van der Waals surface area (Å²) in [6.45, 7) is 1.40. The van der Waals surface area contributed by atoms with Crippen molar-refractivity contribution in [3.05, 3.63) is 53.2 Å². The molecule has 0 unspecified atom stereocenters. The predicted octanol–water partition coefficient (Wildman–Crippen LogP) is 3.21. The van der Waals surface area contributed by atoms with Gasteiger partial charge >= 0.3 is 0 Å². The minimum absolute atomic E-state index is 0.198. The van der Waals surface area contributed by atoms with Crippen molar-refractivity contribution in [2.75, 3.05) is 6.54 Å². The molecule has 5 nitrogen and oxygen atoms in total. The van der Waals surface area contributed by atoms with Gasteiger partial charge in [-0.2, -0.15) is 0 Å². The number of amides is 1. The van der Waals surface area contributed by atoms with Gasteiger partial charge in [-0.1, -0.05) is 0 Å². The Morgan fingerprint density at radius 1 is 1.33 bits per heavy atom. The minimum Gasteiger partial charge on any atom is -0.444 e. The highest BCUT2D eigenvalue weighted by Gasteiger charge is 2.09. The molecule has 3 aromatic rings. The highest BCUT2D eigenvalue weighted by atomic mass is 79.9. The molecule has 0 aliphatic carbocycles. The average molecular weight is 348 g/mol. The van der Waals surface area contributed by atoms with Gasteiger partial charge in [0.25, 0.3) is 5.91 Å². The third-order valence-electron chi connectivity index (χ3n) is 3.18. The van der Waals surface area contributed by atoms with E-state index in [0.29, 0.717) is 17.0 Å². The van der Waals surface area contributed by atoms with Crippen LogP contribution < -0.4 is 5.32 Å². The Hall–Kier alpha value is -2.08. The maximum atomic E-state index is 11.8. The van der Waals surface area contributed by atoms with Crippen LogP contribution >= 0.6 is 15.9 Å². The number of furan rings is 1. The molecule has 21 heavy (non-hydrogen) atoms. The Bertz CT molecular complexity index is 763. The number of aromatic nitrogens is 2. The summed E-state index contributed by atoms with van der Waals surface area (Å²) in [5.74, 6) is 0.117. The number of hydrogen-bond donors (Lipinski definition) is 1. The topological polar surface area (TPSA) is 60.1 Å². The monoisotopic (exact) mass is 347 g/mol. The summed E-state index contributed by atoms with van der Waals surface area (Å²) < 4.78 is 7.84. The lowest BCUT2D eigenvalue weighted by molar-refractivity contribution is 0.0924. The molecule has 6 heteroatoms. The number of carbonyl (C=O) groups excluding carboxylic acids is 1. The van der Waals surface area contributed by atoms with Crippen LogP contribution in [0.25, 0.3) is 11.0 Å². The first-order valence-corrected chi connectivity index (χ1v) is 7.47. The van der Waals surface area contributed by atoms with E-state index in [0.717, 1.165) is 24.0 Å². The molecule has 3 rings (SSSR count). The van der Waals surface area contributed by atoms with Crippen LogP contribution in [-0.4, -0.2) is 22.0 Å². The fraction of sp³-hybridized carbons (Fsp3) is 0.200. The normalized spacial score (nSPS) is 10.9. The molecule has 0 aromatic carbocycles. The number of halogens is 1. The van der Waals surface area contributed by atoms with Gasteiger partial charge in [-0.05, 0) is 52.7 Å². The number of pyridine rings is 1. The smallest absolute Gasteiger partial charge is 0.287 e. The highest BCUT2D eigenvalue weighted by Crippen LogP contribution is 2.14. The van der Waals surface area contributed by atoms with Crippen molar-refractivity contribution in [1.82, 2.24) is 14.9 Å². The molecule has 0 spiro atoms. The molecule has 0 aliphatic rings. The Labute approximate surface area is 130 Å². The van der Waals surface area contributed by atoms with E-state index in [-0.39, 0.29) is 5.91 Å². The standard InChI is InChI=1S/C15H14BrN3O2/c16-13-5-4-12(21-13)15(20)18-8-2-9-19-10-6-11-3-1-7-17-14(11)19/h1,3-7,10H,2,8-9H2,(H,18,20). The molecule has 3 aromatic heterocycles. The van der Waals surface area contributed by atoms with Crippen LogP contribution in [0.3, 0.4) is 0 Å². The van der Waals surface area contributed by atoms with Crippen molar-refractivity contribution >= 4 is 32.9 Å². The van der Waals surface area contributed by atoms with Crippen LogP contribution in [0.1, 0.15) is 17.0 Å². The van der Waals surface area contributed by atoms with E-state index >= 15 is 0 Å². The third kappa shape index (κ3) is 3.16. The van der Waals surface area contributed by atoms with Crippen LogP contribution in [0.15, 0.2) is 51.8 Å². The Kier molecular flexibility index (Phi) is 4.06. The van der Waals surface area contributed by atoms with Gasteiger partial charge in [-0.3, -0.25) is 4.79 Å². The van der Waals surface area contributed by atoms with Crippen molar-refractivity contribution < 1.29 is 9.21 Å². The van der Waals surface area contributed by atoms with Crippen LogP contribution in [0.2, 0.25) is 0 Å². The van der Waals surface area contributed by atoms with Gasteiger partial charge in [-0.25, -0.2) is 4.98 Å². The zero-order valence-electron chi connectivity index (χ0n) is 11.3. The van der Waals surface area contributed by atoms with Crippen molar-refractivity contribution in [3.8, 4) is 0 Å². The van der Waals surface area contributed by atoms with E-state index in [9.17, 15) is 4.79 Å². The van der Waals surface area contributed by atoms with E-state index in [4.69, 9.17) is 4.42 Å². The zero-order chi connectivity index (χ0) is 14.7. The summed E-state index contributed by atoms with van der Waals surface area (Å²) in [5, 5.41) is 3.96. The van der Waals surface area contributed by atoms with Crippen molar-refractivity contribution in [2.24, 2.45) is 0 Å². The number of rotatable bonds is 5. The van der Waals surface area contributed by atoms with Crippen LogP contribution in [0.5, 0.6) is 0 Å². The lowest BCUT2D eigenvalue weighted by atomic mass is 10.3. The summed E-state index contributed by atoms with van der Waals surface area (Å²) in [4.78, 5) is 16.1. The van der Waals surface area contributed by atoms with E-state index in [1.165, 1.54) is 0 Å². The zero-order valence-corrected chi connectivity index (χ0v) is 12.8. The van der Waals surface area contributed by atoms with Gasteiger partial charge in [0.2, 0.25) is 0 Å². The molecule has 0 saturated carbocycles. The second-order valence-corrected chi connectivity index (χ2v) is 5.42. The molecule has 0 radical (unpaired) electrons. The molecule has 0 aliphatic heterocycles. The predicted molar refractivity (Wildman–Crippen MR) is 83.1 cm³/mol.